The van der Waals surface area contributed by atoms with Gasteiger partial charge in [-0.25, -0.2) is 0 Å². The number of anilines is 1. The lowest BCUT2D eigenvalue weighted by atomic mass is 10.0. The molecule has 0 fully saturated rings. The fourth-order valence-corrected chi connectivity index (χ4v) is 2.09. The van der Waals surface area contributed by atoms with E-state index in [1.54, 1.807) is 4.90 Å². The number of carbonyl (C=O) groups excluding carboxylic acids is 2. The van der Waals surface area contributed by atoms with Crippen molar-refractivity contribution in [2.45, 2.75) is 47.0 Å². The number of nitrogens with one attached hydrogen (secondary N) is 1. The average molecular weight is 304 g/mol. The molecule has 1 rings (SSSR count). The average Bonchev–Trinajstić information content (AvgIpc) is 2.43. The number of carbonyl (C=O) groups is 2. The van der Waals surface area contributed by atoms with Gasteiger partial charge in [-0.05, 0) is 36.0 Å². The smallest absolute Gasteiger partial charge is 0.243 e. The summed E-state index contributed by atoms with van der Waals surface area (Å²) in [4.78, 5) is 25.3. The zero-order valence-corrected chi connectivity index (χ0v) is 14.3. The number of hydrogen-bond donors (Lipinski definition) is 1. The first-order valence-electron chi connectivity index (χ1n) is 7.95. The van der Waals surface area contributed by atoms with E-state index in [0.29, 0.717) is 18.4 Å². The van der Waals surface area contributed by atoms with Gasteiger partial charge in [0.15, 0.2) is 0 Å². The monoisotopic (exact) mass is 304 g/mol. The Labute approximate surface area is 133 Å². The summed E-state index contributed by atoms with van der Waals surface area (Å²) in [5, 5.41) is 2.85. The van der Waals surface area contributed by atoms with Crippen LogP contribution in [-0.4, -0.2) is 29.8 Å². The van der Waals surface area contributed by atoms with Crippen LogP contribution in [0.25, 0.3) is 0 Å². The summed E-state index contributed by atoms with van der Waals surface area (Å²) in [6.45, 7) is 10.7. The molecule has 4 heteroatoms. The third kappa shape index (κ3) is 6.29. The number of hydrogen-bond acceptors (Lipinski definition) is 2. The molecule has 0 bridgehead atoms. The lowest BCUT2D eigenvalue weighted by molar-refractivity contribution is -0.132. The van der Waals surface area contributed by atoms with E-state index < -0.39 is 0 Å². The normalized spacial score (nSPS) is 10.9. The lowest BCUT2D eigenvalue weighted by Crippen LogP contribution is -2.37. The van der Waals surface area contributed by atoms with Gasteiger partial charge in [-0.1, -0.05) is 39.8 Å². The van der Waals surface area contributed by atoms with Gasteiger partial charge in [-0.2, -0.15) is 0 Å². The van der Waals surface area contributed by atoms with Gasteiger partial charge in [-0.3, -0.25) is 9.59 Å². The molecule has 0 aliphatic heterocycles. The lowest BCUT2D eigenvalue weighted by Gasteiger charge is -2.21. The van der Waals surface area contributed by atoms with Crippen molar-refractivity contribution in [2.75, 3.05) is 18.4 Å². The minimum absolute atomic E-state index is 0.0639. The molecule has 0 heterocycles. The first kappa shape index (κ1) is 18.2. The Balaban J connectivity index is 2.57. The zero-order valence-electron chi connectivity index (χ0n) is 14.3. The molecule has 1 aromatic rings. The summed E-state index contributed by atoms with van der Waals surface area (Å²) < 4.78 is 0. The number of nitrogens with zero attached hydrogens (tertiary/aromatic N) is 1. The minimum Gasteiger partial charge on any atom is -0.334 e. The highest BCUT2D eigenvalue weighted by molar-refractivity contribution is 5.94. The molecule has 0 saturated heterocycles. The molecule has 0 unspecified atom stereocenters. The second kappa shape index (κ2) is 8.57. The largest absolute Gasteiger partial charge is 0.334 e. The van der Waals surface area contributed by atoms with Crippen molar-refractivity contribution in [3.05, 3.63) is 29.8 Å². The highest BCUT2D eigenvalue weighted by atomic mass is 16.2. The molecular formula is C18H28N2O2. The predicted molar refractivity (Wildman–Crippen MR) is 90.9 cm³/mol. The molecule has 122 valence electrons. The fraction of sp³-hybridized carbons (Fsp3) is 0.556. The molecule has 1 N–H and O–H groups in total. The second-order valence-electron chi connectivity index (χ2n) is 6.45. The van der Waals surface area contributed by atoms with Crippen molar-refractivity contribution in [3.8, 4) is 0 Å². The Hall–Kier alpha value is -1.84. The predicted octanol–water partition coefficient (Wildman–Crippen LogP) is 3.64. The van der Waals surface area contributed by atoms with Crippen LogP contribution in [-0.2, 0) is 9.59 Å². The Kier molecular flexibility index (Phi) is 7.09. The Morgan fingerprint density at radius 1 is 1.09 bits per heavy atom. The maximum Gasteiger partial charge on any atom is 0.243 e. The molecule has 1 aromatic carbocycles. The summed E-state index contributed by atoms with van der Waals surface area (Å²) in [5.41, 5.74) is 2.00. The molecule has 0 aliphatic carbocycles. The Morgan fingerprint density at radius 3 is 2.14 bits per heavy atom. The van der Waals surface area contributed by atoms with Gasteiger partial charge in [-0.15, -0.1) is 0 Å². The quantitative estimate of drug-likeness (QED) is 0.836. The minimum atomic E-state index is -0.156. The number of rotatable bonds is 7. The molecule has 0 spiro atoms. The summed E-state index contributed by atoms with van der Waals surface area (Å²) >= 11 is 0. The van der Waals surface area contributed by atoms with E-state index >= 15 is 0 Å². The molecule has 0 radical (unpaired) electrons. The van der Waals surface area contributed by atoms with Gasteiger partial charge < -0.3 is 10.2 Å². The maximum atomic E-state index is 12.1. The fourth-order valence-electron chi connectivity index (χ4n) is 2.09. The van der Waals surface area contributed by atoms with Crippen molar-refractivity contribution in [3.63, 3.8) is 0 Å². The van der Waals surface area contributed by atoms with Gasteiger partial charge in [0.2, 0.25) is 11.8 Å². The van der Waals surface area contributed by atoms with Crippen LogP contribution in [0.1, 0.15) is 52.5 Å². The van der Waals surface area contributed by atoms with E-state index in [1.807, 2.05) is 24.3 Å². The van der Waals surface area contributed by atoms with Gasteiger partial charge in [0.05, 0.1) is 6.54 Å². The molecule has 0 saturated carbocycles. The zero-order chi connectivity index (χ0) is 16.7. The number of amides is 2. The van der Waals surface area contributed by atoms with Crippen LogP contribution in [0.3, 0.4) is 0 Å². The van der Waals surface area contributed by atoms with Gasteiger partial charge >= 0.3 is 0 Å². The Morgan fingerprint density at radius 2 is 1.68 bits per heavy atom. The van der Waals surface area contributed by atoms with E-state index in [-0.39, 0.29) is 18.4 Å². The van der Waals surface area contributed by atoms with Crippen LogP contribution < -0.4 is 5.32 Å². The van der Waals surface area contributed by atoms with Crippen molar-refractivity contribution >= 4 is 17.5 Å². The SMILES string of the molecule is CC(=O)N(CCC(C)C)CC(=O)Nc1ccc(C(C)C)cc1. The van der Waals surface area contributed by atoms with Gasteiger partial charge in [0.1, 0.15) is 0 Å². The number of benzene rings is 1. The van der Waals surface area contributed by atoms with Crippen molar-refractivity contribution in [2.24, 2.45) is 5.92 Å². The third-order valence-corrected chi connectivity index (χ3v) is 3.62. The van der Waals surface area contributed by atoms with E-state index in [4.69, 9.17) is 0 Å². The molecule has 0 aromatic heterocycles. The molecule has 4 nitrogen and oxygen atoms in total. The molecule has 22 heavy (non-hydrogen) atoms. The summed E-state index contributed by atoms with van der Waals surface area (Å²) in [7, 11) is 0. The Bertz CT molecular complexity index is 492. The topological polar surface area (TPSA) is 49.4 Å². The highest BCUT2D eigenvalue weighted by Gasteiger charge is 2.14. The second-order valence-corrected chi connectivity index (χ2v) is 6.45. The highest BCUT2D eigenvalue weighted by Crippen LogP contribution is 2.17. The van der Waals surface area contributed by atoms with E-state index in [0.717, 1.165) is 12.1 Å². The maximum absolute atomic E-state index is 12.1. The van der Waals surface area contributed by atoms with E-state index in [9.17, 15) is 9.59 Å². The van der Waals surface area contributed by atoms with E-state index in [2.05, 4.69) is 33.0 Å². The standard InChI is InChI=1S/C18H28N2O2/c1-13(2)10-11-20(15(5)21)12-18(22)19-17-8-6-16(7-9-17)14(3)4/h6-9,13-14H,10-12H2,1-5H3,(H,19,22). The van der Waals surface area contributed by atoms with Crippen molar-refractivity contribution in [1.29, 1.82) is 0 Å². The van der Waals surface area contributed by atoms with Crippen LogP contribution in [0.2, 0.25) is 0 Å². The van der Waals surface area contributed by atoms with E-state index in [1.165, 1.54) is 12.5 Å². The van der Waals surface area contributed by atoms with Crippen LogP contribution in [0.4, 0.5) is 5.69 Å². The molecule has 0 atom stereocenters. The van der Waals surface area contributed by atoms with Gasteiger partial charge in [0.25, 0.3) is 0 Å². The van der Waals surface area contributed by atoms with Crippen LogP contribution in [0, 0.1) is 5.92 Å². The molecular weight excluding hydrogens is 276 g/mol. The molecule has 0 aliphatic rings. The van der Waals surface area contributed by atoms with Crippen molar-refractivity contribution in [1.82, 2.24) is 4.90 Å². The van der Waals surface area contributed by atoms with Crippen LogP contribution in [0.5, 0.6) is 0 Å². The van der Waals surface area contributed by atoms with Crippen molar-refractivity contribution < 1.29 is 9.59 Å². The first-order valence-corrected chi connectivity index (χ1v) is 7.95. The van der Waals surface area contributed by atoms with Gasteiger partial charge in [0, 0.05) is 19.2 Å². The molecule has 2 amide bonds. The van der Waals surface area contributed by atoms with Crippen LogP contribution in [0.15, 0.2) is 24.3 Å². The van der Waals surface area contributed by atoms with Crippen LogP contribution >= 0.6 is 0 Å². The summed E-state index contributed by atoms with van der Waals surface area (Å²) in [6, 6.07) is 7.84. The third-order valence-electron chi connectivity index (χ3n) is 3.62. The first-order chi connectivity index (χ1) is 10.3. The summed E-state index contributed by atoms with van der Waals surface area (Å²) in [6.07, 6.45) is 0.899. The summed E-state index contributed by atoms with van der Waals surface area (Å²) in [5.74, 6) is 0.754.